The molecule has 2 saturated heterocycles. The van der Waals surface area contributed by atoms with Gasteiger partial charge in [0.2, 0.25) is 0 Å². The van der Waals surface area contributed by atoms with Gasteiger partial charge in [0.25, 0.3) is 0 Å². The first kappa shape index (κ1) is 15.0. The monoisotopic (exact) mass is 284 g/mol. The van der Waals surface area contributed by atoms with Gasteiger partial charge in [-0.15, -0.1) is 11.5 Å². The van der Waals surface area contributed by atoms with E-state index < -0.39 is 13.9 Å². The normalized spacial score (nSPS) is 36.7. The summed E-state index contributed by atoms with van der Waals surface area (Å²) in [6.07, 6.45) is 0.00525. The van der Waals surface area contributed by atoms with E-state index in [0.29, 0.717) is 6.42 Å². The molecule has 0 aliphatic carbocycles. The number of hydrogen-bond donors (Lipinski definition) is 0. The Hall–Kier alpha value is -0.383. The maximum absolute atomic E-state index is 5.92. The quantitative estimate of drug-likeness (QED) is 0.575. The molecule has 0 radical (unpaired) electrons. The zero-order chi connectivity index (χ0) is 14.3. The van der Waals surface area contributed by atoms with Crippen LogP contribution in [0.4, 0.5) is 0 Å². The van der Waals surface area contributed by atoms with E-state index in [9.17, 15) is 0 Å². The van der Waals surface area contributed by atoms with E-state index in [0.717, 1.165) is 0 Å². The molecule has 19 heavy (non-hydrogen) atoms. The average Bonchev–Trinajstić information content (AvgIpc) is 2.71. The fourth-order valence-corrected chi connectivity index (χ4v) is 3.05. The number of ether oxygens (including phenoxy) is 4. The highest BCUT2D eigenvalue weighted by molar-refractivity contribution is 6.83. The summed E-state index contributed by atoms with van der Waals surface area (Å²) in [6.45, 7) is 10.5. The van der Waals surface area contributed by atoms with Crippen molar-refractivity contribution < 1.29 is 18.9 Å². The van der Waals surface area contributed by atoms with Crippen molar-refractivity contribution in [2.75, 3.05) is 7.11 Å². The lowest BCUT2D eigenvalue weighted by atomic mass is 10.1. The SMILES string of the molecule is CO[C@@H]1O[C@H](CC#C[Si](C)(C)C)[C@H]2OC(C)(C)O[C@@H]12. The van der Waals surface area contributed by atoms with Crippen LogP contribution >= 0.6 is 0 Å². The highest BCUT2D eigenvalue weighted by Gasteiger charge is 2.55. The molecule has 0 aromatic carbocycles. The molecule has 2 heterocycles. The van der Waals surface area contributed by atoms with Crippen molar-refractivity contribution in [3.05, 3.63) is 0 Å². The van der Waals surface area contributed by atoms with Gasteiger partial charge in [0.1, 0.15) is 26.4 Å². The van der Waals surface area contributed by atoms with Crippen LogP contribution in [0.25, 0.3) is 0 Å². The lowest BCUT2D eigenvalue weighted by molar-refractivity contribution is -0.226. The van der Waals surface area contributed by atoms with Gasteiger partial charge in [-0.2, -0.15) is 0 Å². The number of hydrogen-bond acceptors (Lipinski definition) is 4. The molecule has 2 aliphatic heterocycles. The Balaban J connectivity index is 2.04. The first-order valence-corrected chi connectivity index (χ1v) is 10.3. The predicted octanol–water partition coefficient (Wildman–Crippen LogP) is 2.15. The van der Waals surface area contributed by atoms with Crippen molar-refractivity contribution >= 4 is 8.07 Å². The highest BCUT2D eigenvalue weighted by Crippen LogP contribution is 2.39. The molecule has 108 valence electrons. The third kappa shape index (κ3) is 3.59. The average molecular weight is 284 g/mol. The number of methoxy groups -OCH3 is 1. The molecule has 0 aromatic heterocycles. The van der Waals surface area contributed by atoms with Gasteiger partial charge in [-0.1, -0.05) is 19.6 Å². The zero-order valence-electron chi connectivity index (χ0n) is 12.6. The number of rotatable bonds is 2. The van der Waals surface area contributed by atoms with Crippen molar-refractivity contribution in [3.8, 4) is 11.5 Å². The highest BCUT2D eigenvalue weighted by atomic mass is 28.3. The minimum Gasteiger partial charge on any atom is -0.353 e. The van der Waals surface area contributed by atoms with Crippen molar-refractivity contribution in [2.45, 2.75) is 70.3 Å². The van der Waals surface area contributed by atoms with Gasteiger partial charge in [0, 0.05) is 13.5 Å². The van der Waals surface area contributed by atoms with E-state index in [1.165, 1.54) is 0 Å². The summed E-state index contributed by atoms with van der Waals surface area (Å²) < 4.78 is 22.9. The van der Waals surface area contributed by atoms with Gasteiger partial charge in [0.05, 0.1) is 0 Å². The van der Waals surface area contributed by atoms with Crippen LogP contribution in [0, 0.1) is 11.5 Å². The summed E-state index contributed by atoms with van der Waals surface area (Å²) in [6, 6.07) is 0. The lowest BCUT2D eigenvalue weighted by Crippen LogP contribution is -2.30. The molecular weight excluding hydrogens is 260 g/mol. The number of fused-ring (bicyclic) bond motifs is 1. The fraction of sp³-hybridized carbons (Fsp3) is 0.857. The van der Waals surface area contributed by atoms with Crippen LogP contribution in [0.2, 0.25) is 19.6 Å². The van der Waals surface area contributed by atoms with Crippen LogP contribution in [-0.2, 0) is 18.9 Å². The maximum Gasteiger partial charge on any atom is 0.186 e. The van der Waals surface area contributed by atoms with Gasteiger partial charge in [-0.05, 0) is 13.8 Å². The van der Waals surface area contributed by atoms with Gasteiger partial charge in [0.15, 0.2) is 12.1 Å². The second-order valence-corrected chi connectivity index (χ2v) is 11.3. The molecule has 4 nitrogen and oxygen atoms in total. The van der Waals surface area contributed by atoms with Gasteiger partial charge < -0.3 is 18.9 Å². The zero-order valence-corrected chi connectivity index (χ0v) is 13.6. The third-order valence-corrected chi connectivity index (χ3v) is 4.03. The lowest BCUT2D eigenvalue weighted by Gasteiger charge is -2.22. The van der Waals surface area contributed by atoms with Crippen LogP contribution in [0.5, 0.6) is 0 Å². The van der Waals surface area contributed by atoms with Crippen LogP contribution in [0.15, 0.2) is 0 Å². The Bertz CT molecular complexity index is 390. The van der Waals surface area contributed by atoms with Crippen molar-refractivity contribution in [3.63, 3.8) is 0 Å². The van der Waals surface area contributed by atoms with Crippen molar-refractivity contribution in [1.29, 1.82) is 0 Å². The van der Waals surface area contributed by atoms with Crippen molar-refractivity contribution in [1.82, 2.24) is 0 Å². The molecule has 0 saturated carbocycles. The summed E-state index contributed by atoms with van der Waals surface area (Å²) in [5.74, 6) is 2.68. The summed E-state index contributed by atoms with van der Waals surface area (Å²) in [5.41, 5.74) is 3.35. The van der Waals surface area contributed by atoms with Crippen molar-refractivity contribution in [2.24, 2.45) is 0 Å². The Morgan fingerprint density at radius 3 is 2.37 bits per heavy atom. The topological polar surface area (TPSA) is 36.9 Å². The Kier molecular flexibility index (Phi) is 4.10. The summed E-state index contributed by atoms with van der Waals surface area (Å²) in [7, 11) is 0.295. The fourth-order valence-electron chi connectivity index (χ4n) is 2.41. The van der Waals surface area contributed by atoms with Crippen LogP contribution in [-0.4, -0.2) is 45.6 Å². The molecule has 4 atom stereocenters. The summed E-state index contributed by atoms with van der Waals surface area (Å²) in [5, 5.41) is 0. The van der Waals surface area contributed by atoms with E-state index in [-0.39, 0.29) is 24.6 Å². The van der Waals surface area contributed by atoms with Gasteiger partial charge in [-0.3, -0.25) is 0 Å². The summed E-state index contributed by atoms with van der Waals surface area (Å²) in [4.78, 5) is 0. The standard InChI is InChI=1S/C14H24O4Si/c1-14(2)17-11-10(8-7-9-19(4,5)6)16-13(15-3)12(11)18-14/h10-13H,8H2,1-6H3/t10-,11-,12-,13-/m1/s1. The minimum absolute atomic E-state index is 0.0689. The predicted molar refractivity (Wildman–Crippen MR) is 75.2 cm³/mol. The minimum atomic E-state index is -1.34. The summed E-state index contributed by atoms with van der Waals surface area (Å²) >= 11 is 0. The molecule has 0 amide bonds. The van der Waals surface area contributed by atoms with E-state index in [4.69, 9.17) is 18.9 Å². The second-order valence-electron chi connectivity index (χ2n) is 6.60. The third-order valence-electron chi connectivity index (χ3n) is 3.11. The first-order chi connectivity index (χ1) is 8.72. The Morgan fingerprint density at radius 1 is 1.16 bits per heavy atom. The van der Waals surface area contributed by atoms with Gasteiger partial charge in [-0.25, -0.2) is 0 Å². The van der Waals surface area contributed by atoms with E-state index in [1.807, 2.05) is 13.8 Å². The molecule has 0 N–H and O–H groups in total. The maximum atomic E-state index is 5.92. The molecule has 0 bridgehead atoms. The molecular formula is C14H24O4Si. The molecule has 2 fully saturated rings. The smallest absolute Gasteiger partial charge is 0.186 e. The largest absolute Gasteiger partial charge is 0.353 e. The molecule has 5 heteroatoms. The van der Waals surface area contributed by atoms with E-state index in [1.54, 1.807) is 7.11 Å². The van der Waals surface area contributed by atoms with Gasteiger partial charge >= 0.3 is 0 Å². The Labute approximate surface area is 116 Å². The van der Waals surface area contributed by atoms with Crippen LogP contribution < -0.4 is 0 Å². The molecule has 2 aliphatic rings. The van der Waals surface area contributed by atoms with Crippen LogP contribution in [0.3, 0.4) is 0 Å². The molecule has 2 rings (SSSR count). The first-order valence-electron chi connectivity index (χ1n) is 6.76. The molecule has 0 unspecified atom stereocenters. The molecule has 0 aromatic rings. The second kappa shape index (κ2) is 5.19. The van der Waals surface area contributed by atoms with Crippen LogP contribution in [0.1, 0.15) is 20.3 Å². The molecule has 0 spiro atoms. The Morgan fingerprint density at radius 2 is 1.79 bits per heavy atom. The van der Waals surface area contributed by atoms with E-state index in [2.05, 4.69) is 31.1 Å². The van der Waals surface area contributed by atoms with E-state index >= 15 is 0 Å².